The molecule has 36 heavy (non-hydrogen) atoms. The van der Waals surface area contributed by atoms with Crippen LogP contribution in [0.1, 0.15) is 16.8 Å². The first-order valence-electron chi connectivity index (χ1n) is 12.4. The van der Waals surface area contributed by atoms with Crippen LogP contribution in [0.2, 0.25) is 0 Å². The molecule has 8 nitrogen and oxygen atoms in total. The van der Waals surface area contributed by atoms with Gasteiger partial charge in [-0.3, -0.25) is 0 Å². The van der Waals surface area contributed by atoms with Crippen molar-refractivity contribution in [1.29, 1.82) is 0 Å². The summed E-state index contributed by atoms with van der Waals surface area (Å²) < 4.78 is 13.3. The summed E-state index contributed by atoms with van der Waals surface area (Å²) in [6.07, 6.45) is 0.694. The zero-order chi connectivity index (χ0) is 25.1. The minimum Gasteiger partial charge on any atom is -0.368 e. The molecular weight excluding hydrogens is 457 g/mol. The van der Waals surface area contributed by atoms with Crippen molar-refractivity contribution >= 4 is 23.5 Å². The van der Waals surface area contributed by atoms with Crippen LogP contribution in [0.5, 0.6) is 0 Å². The number of nitrogens with one attached hydrogen (secondary N) is 1. The number of aromatic nitrogens is 2. The second kappa shape index (κ2) is 10.4. The molecule has 9 heteroatoms. The number of amides is 2. The Morgan fingerprint density at radius 2 is 1.64 bits per heavy atom. The molecule has 2 amide bonds. The van der Waals surface area contributed by atoms with E-state index in [4.69, 9.17) is 9.97 Å². The standard InChI is InChI=1S/C27H32FN7O/c1-32(2)25-23-19-35(27(36)29-18-20-6-4-3-5-7-20)13-12-24(23)30-26(31-25)34-16-14-33(15-17-34)22-10-8-21(28)9-11-22/h3-11H,12-19H2,1-2H3,(H,29,36). The molecule has 3 heterocycles. The molecule has 0 radical (unpaired) electrons. The molecule has 0 unspecified atom stereocenters. The van der Waals surface area contributed by atoms with Gasteiger partial charge in [-0.15, -0.1) is 0 Å². The van der Waals surface area contributed by atoms with Crippen LogP contribution < -0.4 is 20.0 Å². The lowest BCUT2D eigenvalue weighted by Crippen LogP contribution is -2.47. The fraction of sp³-hybridized carbons (Fsp3) is 0.370. The molecular formula is C27H32FN7O. The van der Waals surface area contributed by atoms with Gasteiger partial charge in [-0.1, -0.05) is 30.3 Å². The Balaban J connectivity index is 1.27. The van der Waals surface area contributed by atoms with Crippen molar-refractivity contribution in [3.8, 4) is 0 Å². The number of halogens is 1. The van der Waals surface area contributed by atoms with E-state index in [1.165, 1.54) is 12.1 Å². The molecule has 0 atom stereocenters. The van der Waals surface area contributed by atoms with Crippen molar-refractivity contribution in [1.82, 2.24) is 20.2 Å². The molecule has 188 valence electrons. The van der Waals surface area contributed by atoms with Crippen LogP contribution in [0.25, 0.3) is 0 Å². The number of anilines is 3. The van der Waals surface area contributed by atoms with E-state index in [-0.39, 0.29) is 11.8 Å². The summed E-state index contributed by atoms with van der Waals surface area (Å²) in [7, 11) is 3.96. The Morgan fingerprint density at radius 3 is 2.33 bits per heavy atom. The van der Waals surface area contributed by atoms with E-state index in [2.05, 4.69) is 15.1 Å². The highest BCUT2D eigenvalue weighted by Gasteiger charge is 2.28. The van der Waals surface area contributed by atoms with Crippen molar-refractivity contribution < 1.29 is 9.18 Å². The van der Waals surface area contributed by atoms with Gasteiger partial charge in [0.15, 0.2) is 0 Å². The number of carbonyl (C=O) groups is 1. The third-order valence-corrected chi connectivity index (χ3v) is 6.78. The van der Waals surface area contributed by atoms with Gasteiger partial charge in [0.2, 0.25) is 5.95 Å². The third-order valence-electron chi connectivity index (χ3n) is 6.78. The van der Waals surface area contributed by atoms with Crippen LogP contribution in [-0.4, -0.2) is 67.7 Å². The predicted molar refractivity (Wildman–Crippen MR) is 140 cm³/mol. The van der Waals surface area contributed by atoms with Gasteiger partial charge >= 0.3 is 6.03 Å². The van der Waals surface area contributed by atoms with Crippen molar-refractivity contribution in [3.05, 3.63) is 77.2 Å². The van der Waals surface area contributed by atoms with Gasteiger partial charge in [0.1, 0.15) is 11.6 Å². The zero-order valence-electron chi connectivity index (χ0n) is 20.8. The first-order chi connectivity index (χ1) is 17.5. The van der Waals surface area contributed by atoms with E-state index in [0.29, 0.717) is 26.1 Å². The van der Waals surface area contributed by atoms with Gasteiger partial charge in [-0.25, -0.2) is 14.2 Å². The van der Waals surface area contributed by atoms with E-state index in [0.717, 1.165) is 60.5 Å². The van der Waals surface area contributed by atoms with Crippen LogP contribution in [0, 0.1) is 5.82 Å². The van der Waals surface area contributed by atoms with Gasteiger partial charge in [0.05, 0.1) is 12.2 Å². The van der Waals surface area contributed by atoms with Crippen LogP contribution in [0.4, 0.5) is 26.6 Å². The van der Waals surface area contributed by atoms with Crippen molar-refractivity contribution in [3.63, 3.8) is 0 Å². The topological polar surface area (TPSA) is 67.8 Å². The monoisotopic (exact) mass is 489 g/mol. The first-order valence-corrected chi connectivity index (χ1v) is 12.4. The van der Waals surface area contributed by atoms with Crippen molar-refractivity contribution in [2.24, 2.45) is 0 Å². The number of urea groups is 1. The fourth-order valence-electron chi connectivity index (χ4n) is 4.77. The molecule has 0 aliphatic carbocycles. The van der Waals surface area contributed by atoms with E-state index >= 15 is 0 Å². The molecule has 1 saturated heterocycles. The summed E-state index contributed by atoms with van der Waals surface area (Å²) in [5.74, 6) is 1.37. The maximum absolute atomic E-state index is 13.3. The average molecular weight is 490 g/mol. The summed E-state index contributed by atoms with van der Waals surface area (Å²) in [5.41, 5.74) is 4.12. The smallest absolute Gasteiger partial charge is 0.317 e. The molecule has 2 aromatic carbocycles. The van der Waals surface area contributed by atoms with E-state index in [9.17, 15) is 9.18 Å². The summed E-state index contributed by atoms with van der Waals surface area (Å²) in [6.45, 7) is 4.83. The highest BCUT2D eigenvalue weighted by molar-refractivity contribution is 5.75. The lowest BCUT2D eigenvalue weighted by Gasteiger charge is -2.37. The lowest BCUT2D eigenvalue weighted by atomic mass is 10.1. The quantitative estimate of drug-likeness (QED) is 0.594. The molecule has 0 saturated carbocycles. The highest BCUT2D eigenvalue weighted by atomic mass is 19.1. The molecule has 2 aliphatic rings. The number of piperazine rings is 1. The Kier molecular flexibility index (Phi) is 6.88. The Bertz CT molecular complexity index is 1190. The summed E-state index contributed by atoms with van der Waals surface area (Å²) in [4.78, 5) is 31.0. The van der Waals surface area contributed by atoms with Crippen LogP contribution in [0.15, 0.2) is 54.6 Å². The summed E-state index contributed by atoms with van der Waals surface area (Å²) >= 11 is 0. The van der Waals surface area contributed by atoms with Gasteiger partial charge in [0, 0.05) is 71.0 Å². The molecule has 1 aromatic heterocycles. The number of fused-ring (bicyclic) bond motifs is 1. The second-order valence-corrected chi connectivity index (χ2v) is 9.43. The first kappa shape index (κ1) is 23.8. The zero-order valence-corrected chi connectivity index (χ0v) is 20.8. The third kappa shape index (κ3) is 5.19. The number of hydrogen-bond acceptors (Lipinski definition) is 6. The number of rotatable bonds is 5. The van der Waals surface area contributed by atoms with Gasteiger partial charge < -0.3 is 24.9 Å². The highest BCUT2D eigenvalue weighted by Crippen LogP contribution is 2.29. The van der Waals surface area contributed by atoms with Crippen molar-refractivity contribution in [2.45, 2.75) is 19.5 Å². The van der Waals surface area contributed by atoms with Crippen LogP contribution >= 0.6 is 0 Å². The maximum atomic E-state index is 13.3. The predicted octanol–water partition coefficient (Wildman–Crippen LogP) is 3.28. The number of benzene rings is 2. The summed E-state index contributed by atoms with van der Waals surface area (Å²) in [5, 5.41) is 3.03. The van der Waals surface area contributed by atoms with E-state index < -0.39 is 0 Å². The Morgan fingerprint density at radius 1 is 0.944 bits per heavy atom. The molecule has 1 fully saturated rings. The summed E-state index contributed by atoms with van der Waals surface area (Å²) in [6, 6.07) is 16.5. The van der Waals surface area contributed by atoms with Crippen LogP contribution in [0.3, 0.4) is 0 Å². The minimum absolute atomic E-state index is 0.0739. The normalized spacial score (nSPS) is 15.5. The fourth-order valence-corrected chi connectivity index (χ4v) is 4.77. The van der Waals surface area contributed by atoms with Gasteiger partial charge in [0.25, 0.3) is 0 Å². The SMILES string of the molecule is CN(C)c1nc(N2CCN(c3ccc(F)cc3)CC2)nc2c1CN(C(=O)NCc1ccccc1)CC2. The van der Waals surface area contributed by atoms with E-state index in [1.54, 1.807) is 0 Å². The van der Waals surface area contributed by atoms with Gasteiger partial charge in [-0.05, 0) is 29.8 Å². The number of nitrogens with zero attached hydrogens (tertiary/aromatic N) is 6. The molecule has 1 N–H and O–H groups in total. The lowest BCUT2D eigenvalue weighted by molar-refractivity contribution is 0.191. The minimum atomic E-state index is -0.219. The molecule has 2 aliphatic heterocycles. The Hall–Kier alpha value is -3.88. The largest absolute Gasteiger partial charge is 0.368 e. The number of carbonyl (C=O) groups excluding carboxylic acids is 1. The molecule has 0 bridgehead atoms. The Labute approximate surface area is 211 Å². The maximum Gasteiger partial charge on any atom is 0.317 e. The van der Waals surface area contributed by atoms with Gasteiger partial charge in [-0.2, -0.15) is 4.98 Å². The molecule has 3 aromatic rings. The van der Waals surface area contributed by atoms with Crippen molar-refractivity contribution in [2.75, 3.05) is 61.5 Å². The van der Waals surface area contributed by atoms with Crippen LogP contribution in [-0.2, 0) is 19.5 Å². The average Bonchev–Trinajstić information content (AvgIpc) is 2.92. The second-order valence-electron chi connectivity index (χ2n) is 9.43. The molecule has 5 rings (SSSR count). The number of hydrogen-bond donors (Lipinski definition) is 1. The van der Waals surface area contributed by atoms with E-state index in [1.807, 2.05) is 66.4 Å². The molecule has 0 spiro atoms.